The normalized spacial score (nSPS) is 17.3. The summed E-state index contributed by atoms with van der Waals surface area (Å²) in [7, 11) is -3.47. The van der Waals surface area contributed by atoms with E-state index in [2.05, 4.69) is 4.99 Å². The Kier molecular flexibility index (Phi) is 3.64. The highest BCUT2D eigenvalue weighted by molar-refractivity contribution is 7.89. The van der Waals surface area contributed by atoms with Crippen molar-refractivity contribution in [3.8, 4) is 0 Å². The number of fused-ring (bicyclic) bond motifs is 1. The fourth-order valence-electron chi connectivity index (χ4n) is 1.79. The molecule has 104 valence electrons. The second-order valence-electron chi connectivity index (χ2n) is 5.45. The molecule has 2 rings (SSSR count). The van der Waals surface area contributed by atoms with Gasteiger partial charge in [-0.1, -0.05) is 26.0 Å². The van der Waals surface area contributed by atoms with Crippen LogP contribution < -0.4 is 5.73 Å². The summed E-state index contributed by atoms with van der Waals surface area (Å²) in [5, 5.41) is 0. The molecule has 1 heterocycles. The quantitative estimate of drug-likeness (QED) is 0.913. The molecule has 0 aliphatic carbocycles. The van der Waals surface area contributed by atoms with Crippen LogP contribution >= 0.6 is 0 Å². The third kappa shape index (κ3) is 2.79. The van der Waals surface area contributed by atoms with E-state index in [-0.39, 0.29) is 10.3 Å². The van der Waals surface area contributed by atoms with Crippen molar-refractivity contribution in [3.63, 3.8) is 0 Å². The average Bonchev–Trinajstić information content (AvgIpc) is 2.38. The molecule has 0 aromatic heterocycles. The second kappa shape index (κ2) is 4.94. The van der Waals surface area contributed by atoms with Crippen LogP contribution in [0.5, 0.6) is 0 Å². The molecule has 0 fully saturated rings. The van der Waals surface area contributed by atoms with Crippen LogP contribution in [-0.2, 0) is 10.0 Å². The molecule has 0 amide bonds. The number of hydrogen-bond acceptors (Lipinski definition) is 4. The third-order valence-electron chi connectivity index (χ3n) is 3.34. The predicted molar refractivity (Wildman–Crippen MR) is 75.9 cm³/mol. The summed E-state index contributed by atoms with van der Waals surface area (Å²) in [6.45, 7) is 4.96. The maximum atomic E-state index is 12.4. The summed E-state index contributed by atoms with van der Waals surface area (Å²) in [5.74, 6) is 0. The maximum Gasteiger partial charge on any atom is 0.267 e. The van der Waals surface area contributed by atoms with Gasteiger partial charge < -0.3 is 5.73 Å². The Morgan fingerprint density at radius 2 is 2.00 bits per heavy atom. The Bertz CT molecular complexity index is 594. The van der Waals surface area contributed by atoms with Gasteiger partial charge in [-0.05, 0) is 30.5 Å². The highest BCUT2D eigenvalue weighted by Crippen LogP contribution is 2.30. The number of hydrogen-bond donors (Lipinski definition) is 1. The topological polar surface area (TPSA) is 75.8 Å². The number of nitrogens with two attached hydrogens (primary N) is 1. The maximum absolute atomic E-state index is 12.4. The zero-order valence-electron chi connectivity index (χ0n) is 11.2. The van der Waals surface area contributed by atoms with Crippen molar-refractivity contribution in [2.45, 2.75) is 25.2 Å². The van der Waals surface area contributed by atoms with E-state index < -0.39 is 10.0 Å². The number of sulfonamides is 1. The average molecular weight is 281 g/mol. The molecule has 0 unspecified atom stereocenters. The van der Waals surface area contributed by atoms with Gasteiger partial charge in [0.1, 0.15) is 11.2 Å². The number of rotatable bonds is 4. The van der Waals surface area contributed by atoms with Gasteiger partial charge in [-0.25, -0.2) is 13.4 Å². The lowest BCUT2D eigenvalue weighted by molar-refractivity contribution is 0.327. The first kappa shape index (κ1) is 14.0. The zero-order valence-corrected chi connectivity index (χ0v) is 12.0. The Morgan fingerprint density at radius 1 is 1.32 bits per heavy atom. The fraction of sp³-hybridized carbons (Fsp3) is 0.462. The lowest BCUT2D eigenvalue weighted by Crippen LogP contribution is -2.36. The lowest BCUT2D eigenvalue weighted by Gasteiger charge is -2.28. The molecule has 1 aromatic carbocycles. The summed E-state index contributed by atoms with van der Waals surface area (Å²) in [6.07, 6.45) is 2.08. The fourth-order valence-corrected chi connectivity index (χ4v) is 3.18. The molecule has 0 radical (unpaired) electrons. The van der Waals surface area contributed by atoms with Crippen molar-refractivity contribution in [2.24, 2.45) is 16.1 Å². The predicted octanol–water partition coefficient (Wildman–Crippen LogP) is 1.73. The van der Waals surface area contributed by atoms with Gasteiger partial charge in [0.25, 0.3) is 10.0 Å². The summed E-state index contributed by atoms with van der Waals surface area (Å²) >= 11 is 0. The van der Waals surface area contributed by atoms with Crippen LogP contribution in [0.3, 0.4) is 0 Å². The van der Waals surface area contributed by atoms with Gasteiger partial charge in [0.2, 0.25) is 0 Å². The molecule has 0 spiro atoms. The van der Waals surface area contributed by atoms with Crippen LogP contribution in [0.25, 0.3) is 0 Å². The van der Waals surface area contributed by atoms with E-state index in [1.807, 2.05) is 13.8 Å². The molecule has 0 bridgehead atoms. The third-order valence-corrected chi connectivity index (χ3v) is 5.13. The Balaban J connectivity index is 2.23. The molecular formula is C13H19N3O2S. The summed E-state index contributed by atoms with van der Waals surface area (Å²) in [5.41, 5.74) is 6.08. The molecule has 1 aromatic rings. The molecule has 0 saturated heterocycles. The van der Waals surface area contributed by atoms with Crippen LogP contribution in [0.2, 0.25) is 0 Å². The number of para-hydroxylation sites is 1. The summed E-state index contributed by atoms with van der Waals surface area (Å²) in [4.78, 5) is 4.45. The molecule has 2 N–H and O–H groups in total. The molecule has 0 saturated carbocycles. The van der Waals surface area contributed by atoms with Gasteiger partial charge in [0.05, 0.1) is 5.69 Å². The van der Waals surface area contributed by atoms with E-state index in [1.165, 1.54) is 10.6 Å². The van der Waals surface area contributed by atoms with E-state index in [0.29, 0.717) is 25.2 Å². The Morgan fingerprint density at radius 3 is 2.68 bits per heavy atom. The second-order valence-corrected chi connectivity index (χ2v) is 7.31. The van der Waals surface area contributed by atoms with E-state index in [4.69, 9.17) is 5.73 Å². The number of benzene rings is 1. The van der Waals surface area contributed by atoms with Crippen LogP contribution in [0.1, 0.15) is 20.3 Å². The van der Waals surface area contributed by atoms with E-state index >= 15 is 0 Å². The minimum atomic E-state index is -3.47. The molecule has 1 aliphatic heterocycles. The van der Waals surface area contributed by atoms with Gasteiger partial charge in [-0.15, -0.1) is 0 Å². The van der Waals surface area contributed by atoms with Crippen molar-refractivity contribution in [1.82, 2.24) is 4.31 Å². The number of aliphatic imine (C=N–C) groups is 1. The minimum Gasteiger partial charge on any atom is -0.330 e. The van der Waals surface area contributed by atoms with Crippen molar-refractivity contribution >= 4 is 22.0 Å². The molecular weight excluding hydrogens is 262 g/mol. The monoisotopic (exact) mass is 281 g/mol. The van der Waals surface area contributed by atoms with Crippen molar-refractivity contribution < 1.29 is 8.42 Å². The smallest absolute Gasteiger partial charge is 0.267 e. The standard InChI is InChI=1S/C13H19N3O2S/c1-13(2,9-14)7-8-16-10-15-11-5-3-4-6-12(11)19(16,17)18/h3-6,10H,7-9,14H2,1-2H3. The minimum absolute atomic E-state index is 0.0830. The van der Waals surface area contributed by atoms with Crippen LogP contribution in [-0.4, -0.2) is 32.2 Å². The van der Waals surface area contributed by atoms with Crippen LogP contribution in [0.15, 0.2) is 34.2 Å². The van der Waals surface area contributed by atoms with Crippen LogP contribution in [0, 0.1) is 5.41 Å². The first-order valence-corrected chi connectivity index (χ1v) is 7.66. The first-order chi connectivity index (χ1) is 8.87. The van der Waals surface area contributed by atoms with E-state index in [1.54, 1.807) is 24.3 Å². The molecule has 19 heavy (non-hydrogen) atoms. The molecule has 6 heteroatoms. The first-order valence-electron chi connectivity index (χ1n) is 6.22. The van der Waals surface area contributed by atoms with Gasteiger partial charge in [-0.2, -0.15) is 0 Å². The summed E-state index contributed by atoms with van der Waals surface area (Å²) < 4.78 is 26.1. The van der Waals surface area contributed by atoms with E-state index in [9.17, 15) is 8.42 Å². The highest BCUT2D eigenvalue weighted by Gasteiger charge is 2.29. The van der Waals surface area contributed by atoms with Gasteiger partial charge >= 0.3 is 0 Å². The molecule has 1 aliphatic rings. The highest BCUT2D eigenvalue weighted by atomic mass is 32.2. The van der Waals surface area contributed by atoms with Crippen molar-refractivity contribution in [3.05, 3.63) is 24.3 Å². The largest absolute Gasteiger partial charge is 0.330 e. The van der Waals surface area contributed by atoms with Gasteiger partial charge in [0, 0.05) is 6.54 Å². The van der Waals surface area contributed by atoms with Crippen LogP contribution in [0.4, 0.5) is 5.69 Å². The Hall–Kier alpha value is -1.40. The van der Waals surface area contributed by atoms with Gasteiger partial charge in [0.15, 0.2) is 0 Å². The Labute approximate surface area is 114 Å². The summed E-state index contributed by atoms with van der Waals surface area (Å²) in [6, 6.07) is 6.77. The molecule has 5 nitrogen and oxygen atoms in total. The van der Waals surface area contributed by atoms with Gasteiger partial charge in [-0.3, -0.25) is 4.31 Å². The van der Waals surface area contributed by atoms with Crippen molar-refractivity contribution in [2.75, 3.05) is 13.1 Å². The lowest BCUT2D eigenvalue weighted by atomic mass is 9.90. The number of nitrogens with zero attached hydrogens (tertiary/aromatic N) is 2. The SMILES string of the molecule is CC(C)(CN)CCN1C=Nc2ccccc2S1(=O)=O. The van der Waals surface area contributed by atoms with E-state index in [0.717, 1.165) is 0 Å². The van der Waals surface area contributed by atoms with Crippen molar-refractivity contribution in [1.29, 1.82) is 0 Å². The zero-order chi connectivity index (χ0) is 14.1. The molecule has 0 atom stereocenters.